The van der Waals surface area contributed by atoms with Crippen LogP contribution in [0.5, 0.6) is 0 Å². The van der Waals surface area contributed by atoms with E-state index in [-0.39, 0.29) is 0 Å². The molecule has 0 aliphatic rings. The summed E-state index contributed by atoms with van der Waals surface area (Å²) in [6, 6.07) is 0. The van der Waals surface area contributed by atoms with Gasteiger partial charge in [0.05, 0.1) is 6.26 Å². The van der Waals surface area contributed by atoms with Crippen LogP contribution in [0.15, 0.2) is 0 Å². The average molecular weight is 253 g/mol. The molecule has 94 valence electrons. The molecule has 0 fully saturated rings. The molecule has 0 heterocycles. The van der Waals surface area contributed by atoms with Gasteiger partial charge in [0.1, 0.15) is 12.2 Å². The molecule has 0 atom stereocenters. The lowest BCUT2D eigenvalue weighted by atomic mass is 10.2. The van der Waals surface area contributed by atoms with Crippen molar-refractivity contribution >= 4 is 22.1 Å². The predicted molar refractivity (Wildman–Crippen MR) is 55.2 cm³/mol. The number of imide groups is 1. The minimum atomic E-state index is -3.70. The first-order chi connectivity index (χ1) is 6.99. The van der Waals surface area contributed by atoms with Crippen molar-refractivity contribution in [1.29, 1.82) is 0 Å². The molecule has 0 rings (SSSR count). The van der Waals surface area contributed by atoms with Gasteiger partial charge in [-0.3, -0.25) is 14.3 Å². The van der Waals surface area contributed by atoms with Gasteiger partial charge in [-0.1, -0.05) is 0 Å². The quantitative estimate of drug-likeness (QED) is 0.711. The number of nitrogens with one attached hydrogen (secondary N) is 1. The van der Waals surface area contributed by atoms with Gasteiger partial charge in [0.15, 0.2) is 0 Å². The molecule has 2 amide bonds. The van der Waals surface area contributed by atoms with E-state index in [1.807, 2.05) is 5.32 Å². The fraction of sp³-hybridized carbons (Fsp3) is 0.750. The molecule has 1 N–H and O–H groups in total. The predicted octanol–water partition coefficient (Wildman–Crippen LogP) is 0.0139. The first-order valence-corrected chi connectivity index (χ1v) is 6.18. The SMILES string of the molecule is CC(C)(C)OC(=O)NC(=O)COS(C)(=O)=O. The van der Waals surface area contributed by atoms with Gasteiger partial charge in [-0.25, -0.2) is 4.79 Å². The van der Waals surface area contributed by atoms with Crippen LogP contribution in [-0.4, -0.2) is 38.9 Å². The smallest absolute Gasteiger partial charge is 0.414 e. The van der Waals surface area contributed by atoms with E-state index in [9.17, 15) is 18.0 Å². The van der Waals surface area contributed by atoms with E-state index >= 15 is 0 Å². The number of carbonyl (C=O) groups is 2. The molecule has 0 saturated carbocycles. The Bertz CT molecular complexity index is 366. The van der Waals surface area contributed by atoms with Gasteiger partial charge in [-0.15, -0.1) is 0 Å². The Labute approximate surface area is 94.2 Å². The topological polar surface area (TPSA) is 98.8 Å². The molecule has 0 aliphatic heterocycles. The van der Waals surface area contributed by atoms with E-state index in [2.05, 4.69) is 4.18 Å². The van der Waals surface area contributed by atoms with Gasteiger partial charge in [0.25, 0.3) is 16.0 Å². The summed E-state index contributed by atoms with van der Waals surface area (Å²) in [5, 5.41) is 1.82. The Morgan fingerprint density at radius 1 is 1.25 bits per heavy atom. The second-order valence-electron chi connectivity index (χ2n) is 4.02. The maximum absolute atomic E-state index is 11.0. The zero-order chi connectivity index (χ0) is 13.0. The van der Waals surface area contributed by atoms with Gasteiger partial charge in [0.2, 0.25) is 0 Å². The molecular weight excluding hydrogens is 238 g/mol. The summed E-state index contributed by atoms with van der Waals surface area (Å²) in [5.74, 6) is -0.889. The Kier molecular flexibility index (Phi) is 4.88. The number of carbonyl (C=O) groups excluding carboxylic acids is 2. The lowest BCUT2D eigenvalue weighted by molar-refractivity contribution is -0.122. The molecule has 0 spiro atoms. The molecule has 0 aromatic rings. The second-order valence-corrected chi connectivity index (χ2v) is 5.66. The van der Waals surface area contributed by atoms with E-state index in [1.165, 1.54) is 0 Å². The zero-order valence-corrected chi connectivity index (χ0v) is 10.4. The molecule has 0 saturated heterocycles. The van der Waals surface area contributed by atoms with Gasteiger partial charge >= 0.3 is 6.09 Å². The third kappa shape index (κ3) is 9.41. The largest absolute Gasteiger partial charge is 0.444 e. The highest BCUT2D eigenvalue weighted by Crippen LogP contribution is 2.06. The summed E-state index contributed by atoms with van der Waals surface area (Å²) < 4.78 is 30.0. The Hall–Kier alpha value is -1.15. The van der Waals surface area contributed by atoms with Gasteiger partial charge < -0.3 is 4.74 Å². The molecule has 0 radical (unpaired) electrons. The number of ether oxygens (including phenoxy) is 1. The van der Waals surface area contributed by atoms with Crippen LogP contribution < -0.4 is 5.32 Å². The summed E-state index contributed by atoms with van der Waals surface area (Å²) in [4.78, 5) is 22.0. The first kappa shape index (κ1) is 14.8. The van der Waals surface area contributed by atoms with Crippen molar-refractivity contribution < 1.29 is 26.9 Å². The third-order valence-electron chi connectivity index (χ3n) is 1.04. The molecule has 0 unspecified atom stereocenters. The van der Waals surface area contributed by atoms with Crippen molar-refractivity contribution in [3.63, 3.8) is 0 Å². The van der Waals surface area contributed by atoms with Crippen LogP contribution in [-0.2, 0) is 23.8 Å². The summed E-state index contributed by atoms with van der Waals surface area (Å²) in [5.41, 5.74) is -0.734. The van der Waals surface area contributed by atoms with Crippen LogP contribution in [0.25, 0.3) is 0 Å². The van der Waals surface area contributed by atoms with E-state index in [0.29, 0.717) is 0 Å². The highest BCUT2D eigenvalue weighted by molar-refractivity contribution is 7.86. The van der Waals surface area contributed by atoms with E-state index in [4.69, 9.17) is 4.74 Å². The molecule has 7 nitrogen and oxygen atoms in total. The highest BCUT2D eigenvalue weighted by atomic mass is 32.2. The maximum atomic E-state index is 11.0. The molecule has 8 heteroatoms. The van der Waals surface area contributed by atoms with Gasteiger partial charge in [-0.2, -0.15) is 8.42 Å². The molecule has 0 aromatic heterocycles. The third-order valence-corrected chi connectivity index (χ3v) is 1.59. The highest BCUT2D eigenvalue weighted by Gasteiger charge is 2.18. The van der Waals surface area contributed by atoms with Crippen molar-refractivity contribution in [1.82, 2.24) is 5.32 Å². The van der Waals surface area contributed by atoms with Crippen LogP contribution >= 0.6 is 0 Å². The first-order valence-electron chi connectivity index (χ1n) is 4.37. The summed E-state index contributed by atoms with van der Waals surface area (Å²) in [6.07, 6.45) is -0.150. The van der Waals surface area contributed by atoms with E-state index in [1.54, 1.807) is 20.8 Å². The van der Waals surface area contributed by atoms with E-state index < -0.39 is 34.3 Å². The Morgan fingerprint density at radius 3 is 2.12 bits per heavy atom. The van der Waals surface area contributed by atoms with Gasteiger partial charge in [0, 0.05) is 0 Å². The van der Waals surface area contributed by atoms with Crippen LogP contribution in [0.4, 0.5) is 4.79 Å². The van der Waals surface area contributed by atoms with Crippen molar-refractivity contribution in [3.8, 4) is 0 Å². The van der Waals surface area contributed by atoms with Crippen LogP contribution in [0.1, 0.15) is 20.8 Å². The minimum absolute atomic E-state index is 0.734. The number of alkyl carbamates (subject to hydrolysis) is 1. The Balaban J connectivity index is 4.03. The van der Waals surface area contributed by atoms with Crippen molar-refractivity contribution in [2.24, 2.45) is 0 Å². The van der Waals surface area contributed by atoms with Crippen LogP contribution in [0, 0.1) is 0 Å². The number of rotatable bonds is 3. The molecular formula is C8H15NO6S. The van der Waals surface area contributed by atoms with Gasteiger partial charge in [-0.05, 0) is 20.8 Å². The number of hydrogen-bond donors (Lipinski definition) is 1. The van der Waals surface area contributed by atoms with Crippen LogP contribution in [0.2, 0.25) is 0 Å². The fourth-order valence-electron chi connectivity index (χ4n) is 0.614. The zero-order valence-electron chi connectivity index (χ0n) is 9.56. The monoisotopic (exact) mass is 253 g/mol. The molecule has 0 bridgehead atoms. The molecule has 0 aromatic carbocycles. The number of hydrogen-bond acceptors (Lipinski definition) is 6. The molecule has 16 heavy (non-hydrogen) atoms. The average Bonchev–Trinajstić information content (AvgIpc) is 1.95. The lowest BCUT2D eigenvalue weighted by Crippen LogP contribution is -2.38. The summed E-state index contributed by atoms with van der Waals surface area (Å²) in [6.45, 7) is 4.14. The summed E-state index contributed by atoms with van der Waals surface area (Å²) in [7, 11) is -3.70. The standard InChI is InChI=1S/C8H15NO6S/c1-8(2,3)15-7(11)9-6(10)5-14-16(4,12)13/h5H2,1-4H3,(H,9,10,11). The Morgan fingerprint density at radius 2 is 1.75 bits per heavy atom. The minimum Gasteiger partial charge on any atom is -0.444 e. The normalized spacial score (nSPS) is 12.0. The number of amides is 2. The summed E-state index contributed by atoms with van der Waals surface area (Å²) >= 11 is 0. The van der Waals surface area contributed by atoms with Crippen molar-refractivity contribution in [2.75, 3.05) is 12.9 Å². The molecule has 0 aliphatic carbocycles. The van der Waals surface area contributed by atoms with Crippen molar-refractivity contribution in [3.05, 3.63) is 0 Å². The maximum Gasteiger partial charge on any atom is 0.414 e. The van der Waals surface area contributed by atoms with Crippen molar-refractivity contribution in [2.45, 2.75) is 26.4 Å². The lowest BCUT2D eigenvalue weighted by Gasteiger charge is -2.19. The second kappa shape index (κ2) is 5.26. The fourth-order valence-corrected chi connectivity index (χ4v) is 0.935. The van der Waals surface area contributed by atoms with Crippen LogP contribution in [0.3, 0.4) is 0 Å². The van der Waals surface area contributed by atoms with E-state index in [0.717, 1.165) is 6.26 Å².